The second-order valence-corrected chi connectivity index (χ2v) is 9.95. The molecule has 0 atom stereocenters. The highest BCUT2D eigenvalue weighted by molar-refractivity contribution is 5.85. The van der Waals surface area contributed by atoms with E-state index in [1.54, 1.807) is 19.2 Å². The van der Waals surface area contributed by atoms with Gasteiger partial charge >= 0.3 is 12.4 Å². The van der Waals surface area contributed by atoms with Crippen LogP contribution < -0.4 is 4.74 Å². The molecule has 16 heteroatoms. The van der Waals surface area contributed by atoms with Gasteiger partial charge in [-0.3, -0.25) is 0 Å². The van der Waals surface area contributed by atoms with Crippen LogP contribution in [-0.2, 0) is 18.9 Å². The molecule has 0 N–H and O–H groups in total. The molecule has 0 aliphatic rings. The summed E-state index contributed by atoms with van der Waals surface area (Å²) >= 11 is 0. The Hall–Kier alpha value is -5.93. The Morgan fingerprint density at radius 1 is 0.787 bits per heavy atom. The van der Waals surface area contributed by atoms with Crippen LogP contribution in [0.3, 0.4) is 0 Å². The van der Waals surface area contributed by atoms with Gasteiger partial charge in [0, 0.05) is 35.3 Å². The van der Waals surface area contributed by atoms with Gasteiger partial charge in [-0.2, -0.15) is 31.1 Å². The van der Waals surface area contributed by atoms with Gasteiger partial charge in [0.25, 0.3) is 0 Å². The smallest absolute Gasteiger partial charge is 0.417 e. The van der Waals surface area contributed by atoms with E-state index < -0.39 is 40.4 Å². The van der Waals surface area contributed by atoms with Crippen molar-refractivity contribution >= 4 is 11.8 Å². The number of methoxy groups -OCH3 is 1. The zero-order chi connectivity index (χ0) is 33.2. The summed E-state index contributed by atoms with van der Waals surface area (Å²) in [6.45, 7) is 0.210. The number of benzene rings is 3. The van der Waals surface area contributed by atoms with Crippen LogP contribution in [0.2, 0.25) is 0 Å². The Balaban J connectivity index is 1.53. The van der Waals surface area contributed by atoms with Gasteiger partial charge < -0.3 is 4.74 Å². The predicted octanol–water partition coefficient (Wildman–Crippen LogP) is 6.53. The van der Waals surface area contributed by atoms with Crippen LogP contribution in [-0.4, -0.2) is 52.0 Å². The number of alkyl halides is 6. The van der Waals surface area contributed by atoms with Crippen molar-refractivity contribution in [3.8, 4) is 28.5 Å². The first kappa shape index (κ1) is 31.1. The second-order valence-electron chi connectivity index (χ2n) is 9.95. The summed E-state index contributed by atoms with van der Waals surface area (Å²) in [5.41, 5.74) is -1.68. The minimum atomic E-state index is -4.82. The van der Waals surface area contributed by atoms with Crippen molar-refractivity contribution in [2.45, 2.75) is 18.9 Å². The molecule has 0 aliphatic heterocycles. The third-order valence-electron chi connectivity index (χ3n) is 6.88. The molecule has 47 heavy (non-hydrogen) atoms. The van der Waals surface area contributed by atoms with Crippen LogP contribution in [0.15, 0.2) is 91.5 Å². The van der Waals surface area contributed by atoms with Crippen LogP contribution in [0.25, 0.3) is 34.5 Å². The minimum absolute atomic E-state index is 0.0103. The number of halogens is 6. The van der Waals surface area contributed by atoms with Crippen LogP contribution in [0.4, 0.5) is 26.3 Å². The number of nitrogens with zero attached hydrogens (tertiary/aromatic N) is 9. The fraction of sp³-hybridized carbons (Fsp3) is 0.129. The molecule has 0 saturated carbocycles. The van der Waals surface area contributed by atoms with E-state index in [1.165, 1.54) is 54.0 Å². The summed E-state index contributed by atoms with van der Waals surface area (Å²) in [4.78, 5) is 13.5. The summed E-state index contributed by atoms with van der Waals surface area (Å²) in [5, 5.41) is 16.9. The lowest BCUT2D eigenvalue weighted by Crippen LogP contribution is -2.09. The Bertz CT molecular complexity index is 2040. The summed E-state index contributed by atoms with van der Waals surface area (Å²) in [5.74, 6) is -0.176. The van der Waals surface area contributed by atoms with E-state index >= 15 is 0 Å². The van der Waals surface area contributed by atoms with Crippen molar-refractivity contribution in [3.05, 3.63) is 120 Å². The quantitative estimate of drug-likeness (QED) is 0.171. The molecule has 3 aromatic carbocycles. The second kappa shape index (κ2) is 12.5. The minimum Gasteiger partial charge on any atom is -0.497 e. The Morgan fingerprint density at radius 3 is 2.04 bits per heavy atom. The van der Waals surface area contributed by atoms with E-state index in [4.69, 9.17) is 4.74 Å². The first-order valence-electron chi connectivity index (χ1n) is 13.7. The van der Waals surface area contributed by atoms with Gasteiger partial charge in [0.05, 0.1) is 30.4 Å². The van der Waals surface area contributed by atoms with Gasteiger partial charge in [0.1, 0.15) is 12.1 Å². The maximum absolute atomic E-state index is 14.2. The SMILES string of the molecule is COc1ccc(Cn2nnc(/C(=C\n3nc(-c4ccccc4C(F)(F)F)nc3-c3ccccc3C(F)(F)F)c3cncnc3)n2)cc1. The highest BCUT2D eigenvalue weighted by Crippen LogP contribution is 2.39. The number of aromatic nitrogens is 9. The lowest BCUT2D eigenvalue weighted by molar-refractivity contribution is -0.137. The van der Waals surface area contributed by atoms with E-state index in [1.807, 2.05) is 12.1 Å². The topological polar surface area (TPSA) is 109 Å². The number of ether oxygens (including phenoxy) is 1. The molecule has 0 amide bonds. The van der Waals surface area contributed by atoms with E-state index in [2.05, 4.69) is 35.5 Å². The van der Waals surface area contributed by atoms with Gasteiger partial charge in [0.2, 0.25) is 5.82 Å². The standard InChI is InChI=1S/C31H21F6N9O/c1-47-21-12-10-19(11-13-21)16-46-43-28(41-44-46)24(20-14-38-18-39-15-20)17-45-29(23-7-3-5-9-26(23)31(35,36)37)40-27(42-45)22-6-2-4-8-25(22)30(32,33)34/h2-15,17-18H,16H2,1H3/b24-17-. The maximum Gasteiger partial charge on any atom is 0.417 e. The number of tetrazole rings is 1. The first-order chi connectivity index (χ1) is 22.5. The molecule has 0 bridgehead atoms. The van der Waals surface area contributed by atoms with Crippen LogP contribution in [0.1, 0.15) is 28.1 Å². The van der Waals surface area contributed by atoms with Crippen LogP contribution in [0, 0.1) is 0 Å². The van der Waals surface area contributed by atoms with Gasteiger partial charge in [-0.15, -0.1) is 15.3 Å². The van der Waals surface area contributed by atoms with Gasteiger partial charge in [-0.25, -0.2) is 19.6 Å². The van der Waals surface area contributed by atoms with Crippen molar-refractivity contribution < 1.29 is 31.1 Å². The molecular weight excluding hydrogens is 628 g/mol. The molecule has 10 nitrogen and oxygen atoms in total. The molecular formula is C31H21F6N9O. The predicted molar refractivity (Wildman–Crippen MR) is 156 cm³/mol. The average molecular weight is 650 g/mol. The maximum atomic E-state index is 14.2. The zero-order valence-electron chi connectivity index (χ0n) is 24.1. The van der Waals surface area contributed by atoms with Crippen molar-refractivity contribution in [1.82, 2.24) is 44.9 Å². The molecule has 0 spiro atoms. The van der Waals surface area contributed by atoms with E-state index in [0.717, 1.165) is 34.5 Å². The highest BCUT2D eigenvalue weighted by atomic mass is 19.4. The molecule has 0 fully saturated rings. The Labute approximate surface area is 262 Å². The van der Waals surface area contributed by atoms with Gasteiger partial charge in [0.15, 0.2) is 11.6 Å². The van der Waals surface area contributed by atoms with E-state index in [9.17, 15) is 26.3 Å². The molecule has 0 saturated heterocycles. The number of rotatable bonds is 8. The third kappa shape index (κ3) is 6.70. The van der Waals surface area contributed by atoms with Crippen molar-refractivity contribution in [3.63, 3.8) is 0 Å². The molecule has 238 valence electrons. The fourth-order valence-electron chi connectivity index (χ4n) is 4.70. The highest BCUT2D eigenvalue weighted by Gasteiger charge is 2.37. The summed E-state index contributed by atoms with van der Waals surface area (Å²) in [6, 6.07) is 16.2. The van der Waals surface area contributed by atoms with Crippen molar-refractivity contribution in [2.24, 2.45) is 0 Å². The lowest BCUT2D eigenvalue weighted by atomic mass is 10.1. The van der Waals surface area contributed by atoms with Gasteiger partial charge in [-0.1, -0.05) is 48.5 Å². The number of hydrogen-bond donors (Lipinski definition) is 0. The summed E-state index contributed by atoms with van der Waals surface area (Å²) in [6.07, 6.45) is -4.28. The van der Waals surface area contributed by atoms with E-state index in [0.29, 0.717) is 11.3 Å². The molecule has 3 aromatic heterocycles. The first-order valence-corrected chi connectivity index (χ1v) is 13.7. The molecule has 6 rings (SSSR count). The van der Waals surface area contributed by atoms with E-state index in [-0.39, 0.29) is 23.8 Å². The molecule has 0 radical (unpaired) electrons. The zero-order valence-corrected chi connectivity index (χ0v) is 24.1. The fourth-order valence-corrected chi connectivity index (χ4v) is 4.70. The Kier molecular flexibility index (Phi) is 8.24. The molecule has 0 aliphatic carbocycles. The molecule has 3 heterocycles. The third-order valence-corrected chi connectivity index (χ3v) is 6.88. The normalized spacial score (nSPS) is 12.4. The lowest BCUT2D eigenvalue weighted by Gasteiger charge is -2.12. The van der Waals surface area contributed by atoms with Crippen molar-refractivity contribution in [1.29, 1.82) is 0 Å². The van der Waals surface area contributed by atoms with Gasteiger partial charge in [-0.05, 0) is 35.0 Å². The van der Waals surface area contributed by atoms with Crippen molar-refractivity contribution in [2.75, 3.05) is 7.11 Å². The largest absolute Gasteiger partial charge is 0.497 e. The average Bonchev–Trinajstić information content (AvgIpc) is 3.71. The summed E-state index contributed by atoms with van der Waals surface area (Å²) in [7, 11) is 1.54. The van der Waals surface area contributed by atoms with Crippen LogP contribution >= 0.6 is 0 Å². The molecule has 0 unspecified atom stereocenters. The summed E-state index contributed by atoms with van der Waals surface area (Å²) < 4.78 is 90.5. The monoisotopic (exact) mass is 649 g/mol. The Morgan fingerprint density at radius 2 is 1.40 bits per heavy atom. The number of hydrogen-bond acceptors (Lipinski definition) is 8. The molecule has 6 aromatic rings. The van der Waals surface area contributed by atoms with Crippen LogP contribution in [0.5, 0.6) is 5.75 Å².